The standard InChI is InChI=1S/C23H23FN4O3/c1-15-11-16(2)28(27-15)20-8-7-18(13-19(20)24)26-23(29)5-4-10-31-21-9-6-17(14-25)12-22(21)30-3/h6-9,11-13H,4-5,10H2,1-3H3,(H,26,29). The van der Waals surface area contributed by atoms with Crippen molar-refractivity contribution < 1.29 is 18.7 Å². The van der Waals surface area contributed by atoms with E-state index in [2.05, 4.69) is 10.4 Å². The summed E-state index contributed by atoms with van der Waals surface area (Å²) < 4.78 is 26.9. The Hall–Kier alpha value is -3.86. The Bertz CT molecular complexity index is 1130. The van der Waals surface area contributed by atoms with Gasteiger partial charge in [0.15, 0.2) is 17.3 Å². The molecule has 1 heterocycles. The number of nitrogens with zero attached hydrogens (tertiary/aromatic N) is 3. The van der Waals surface area contributed by atoms with Gasteiger partial charge < -0.3 is 14.8 Å². The first-order valence-corrected chi connectivity index (χ1v) is 9.75. The van der Waals surface area contributed by atoms with Crippen LogP contribution in [0.5, 0.6) is 11.5 Å². The van der Waals surface area contributed by atoms with E-state index in [1.807, 2.05) is 26.0 Å². The number of aromatic nitrogens is 2. The number of ether oxygens (including phenoxy) is 2. The highest BCUT2D eigenvalue weighted by atomic mass is 19.1. The van der Waals surface area contributed by atoms with Gasteiger partial charge in [-0.25, -0.2) is 9.07 Å². The number of halogens is 1. The molecule has 0 saturated heterocycles. The molecule has 0 fully saturated rings. The summed E-state index contributed by atoms with van der Waals surface area (Å²) in [4.78, 5) is 12.2. The molecule has 0 bridgehead atoms. The SMILES string of the molecule is COc1cc(C#N)ccc1OCCCC(=O)Nc1ccc(-n2nc(C)cc2C)c(F)c1. The average molecular weight is 422 g/mol. The third kappa shape index (κ3) is 5.39. The zero-order chi connectivity index (χ0) is 22.4. The van der Waals surface area contributed by atoms with Gasteiger partial charge in [0.05, 0.1) is 31.0 Å². The number of aryl methyl sites for hydroxylation is 2. The summed E-state index contributed by atoms with van der Waals surface area (Å²) in [6.07, 6.45) is 0.667. The summed E-state index contributed by atoms with van der Waals surface area (Å²) in [6, 6.07) is 13.3. The van der Waals surface area contributed by atoms with Crippen LogP contribution < -0.4 is 14.8 Å². The van der Waals surface area contributed by atoms with Gasteiger partial charge >= 0.3 is 0 Å². The molecular weight excluding hydrogens is 399 g/mol. The molecule has 160 valence electrons. The molecule has 3 aromatic rings. The van der Waals surface area contributed by atoms with Crippen LogP contribution in [0, 0.1) is 31.0 Å². The fraction of sp³-hybridized carbons (Fsp3) is 0.261. The monoisotopic (exact) mass is 422 g/mol. The first-order valence-electron chi connectivity index (χ1n) is 9.75. The van der Waals surface area contributed by atoms with Crippen molar-refractivity contribution in [2.45, 2.75) is 26.7 Å². The molecule has 0 spiro atoms. The molecule has 3 rings (SSSR count). The predicted octanol–water partition coefficient (Wildman–Crippen LogP) is 4.31. The van der Waals surface area contributed by atoms with E-state index in [-0.39, 0.29) is 12.3 Å². The van der Waals surface area contributed by atoms with E-state index in [0.717, 1.165) is 11.4 Å². The van der Waals surface area contributed by atoms with Gasteiger partial charge in [-0.05, 0) is 56.7 Å². The van der Waals surface area contributed by atoms with E-state index >= 15 is 0 Å². The second-order valence-electron chi connectivity index (χ2n) is 6.98. The number of hydrogen-bond donors (Lipinski definition) is 1. The van der Waals surface area contributed by atoms with Gasteiger partial charge in [-0.2, -0.15) is 10.4 Å². The molecule has 0 saturated carbocycles. The first-order chi connectivity index (χ1) is 14.9. The van der Waals surface area contributed by atoms with Crippen molar-refractivity contribution in [2.24, 2.45) is 0 Å². The van der Waals surface area contributed by atoms with Crippen LogP contribution in [0.3, 0.4) is 0 Å². The van der Waals surface area contributed by atoms with E-state index in [1.54, 1.807) is 30.3 Å². The van der Waals surface area contributed by atoms with Crippen LogP contribution in [-0.4, -0.2) is 29.4 Å². The predicted molar refractivity (Wildman–Crippen MR) is 114 cm³/mol. The number of hydrogen-bond acceptors (Lipinski definition) is 5. The normalized spacial score (nSPS) is 10.4. The third-order valence-electron chi connectivity index (χ3n) is 4.57. The third-order valence-corrected chi connectivity index (χ3v) is 4.57. The lowest BCUT2D eigenvalue weighted by Crippen LogP contribution is -2.13. The minimum atomic E-state index is -0.472. The Kier molecular flexibility index (Phi) is 6.88. The highest BCUT2D eigenvalue weighted by Gasteiger charge is 2.12. The van der Waals surface area contributed by atoms with Crippen molar-refractivity contribution in [3.63, 3.8) is 0 Å². The fourth-order valence-electron chi connectivity index (χ4n) is 3.12. The maximum absolute atomic E-state index is 14.5. The largest absolute Gasteiger partial charge is 0.493 e. The van der Waals surface area contributed by atoms with Gasteiger partial charge in [0.2, 0.25) is 5.91 Å². The van der Waals surface area contributed by atoms with Crippen LogP contribution in [-0.2, 0) is 4.79 Å². The number of anilines is 1. The molecule has 0 radical (unpaired) electrons. The molecule has 0 aliphatic heterocycles. The highest BCUT2D eigenvalue weighted by Crippen LogP contribution is 2.28. The maximum Gasteiger partial charge on any atom is 0.224 e. The molecule has 31 heavy (non-hydrogen) atoms. The Balaban J connectivity index is 1.52. The number of benzene rings is 2. The molecule has 1 N–H and O–H groups in total. The van der Waals surface area contributed by atoms with Gasteiger partial charge in [-0.3, -0.25) is 4.79 Å². The zero-order valence-electron chi connectivity index (χ0n) is 17.6. The van der Waals surface area contributed by atoms with Crippen LogP contribution in [0.2, 0.25) is 0 Å². The molecule has 0 unspecified atom stereocenters. The summed E-state index contributed by atoms with van der Waals surface area (Å²) in [5.74, 6) is 0.249. The molecule has 1 aromatic heterocycles. The van der Waals surface area contributed by atoms with Crippen LogP contribution in [0.1, 0.15) is 29.8 Å². The Morgan fingerprint density at radius 3 is 2.65 bits per heavy atom. The minimum Gasteiger partial charge on any atom is -0.493 e. The highest BCUT2D eigenvalue weighted by molar-refractivity contribution is 5.90. The van der Waals surface area contributed by atoms with E-state index in [1.165, 1.54) is 17.9 Å². The van der Waals surface area contributed by atoms with Crippen molar-refractivity contribution in [1.29, 1.82) is 5.26 Å². The van der Waals surface area contributed by atoms with E-state index in [9.17, 15) is 9.18 Å². The van der Waals surface area contributed by atoms with Crippen LogP contribution in [0.25, 0.3) is 5.69 Å². The summed E-state index contributed by atoms with van der Waals surface area (Å²) in [5, 5.41) is 15.9. The van der Waals surface area contributed by atoms with Crippen LogP contribution in [0.15, 0.2) is 42.5 Å². The second-order valence-corrected chi connectivity index (χ2v) is 6.98. The van der Waals surface area contributed by atoms with E-state index < -0.39 is 5.82 Å². The lowest BCUT2D eigenvalue weighted by atomic mass is 10.2. The summed E-state index contributed by atoms with van der Waals surface area (Å²) in [6.45, 7) is 3.99. The molecule has 7 nitrogen and oxygen atoms in total. The topological polar surface area (TPSA) is 89.2 Å². The van der Waals surface area contributed by atoms with Crippen molar-refractivity contribution in [1.82, 2.24) is 9.78 Å². The van der Waals surface area contributed by atoms with Crippen LogP contribution in [0.4, 0.5) is 10.1 Å². The van der Waals surface area contributed by atoms with Crippen molar-refractivity contribution in [3.05, 3.63) is 65.2 Å². The van der Waals surface area contributed by atoms with Gasteiger partial charge in [-0.1, -0.05) is 0 Å². The molecular formula is C23H23FN4O3. The van der Waals surface area contributed by atoms with Crippen molar-refractivity contribution in [3.8, 4) is 23.3 Å². The Morgan fingerprint density at radius 2 is 2.00 bits per heavy atom. The lowest BCUT2D eigenvalue weighted by molar-refractivity contribution is -0.116. The quantitative estimate of drug-likeness (QED) is 0.547. The molecule has 1 amide bonds. The first kappa shape index (κ1) is 21.8. The zero-order valence-corrected chi connectivity index (χ0v) is 17.6. The number of methoxy groups -OCH3 is 1. The van der Waals surface area contributed by atoms with Crippen molar-refractivity contribution >= 4 is 11.6 Å². The smallest absolute Gasteiger partial charge is 0.224 e. The summed E-state index contributed by atoms with van der Waals surface area (Å²) >= 11 is 0. The van der Waals surface area contributed by atoms with Gasteiger partial charge in [-0.15, -0.1) is 0 Å². The molecule has 0 atom stereocenters. The maximum atomic E-state index is 14.5. The van der Waals surface area contributed by atoms with Gasteiger partial charge in [0.25, 0.3) is 0 Å². The molecule has 0 aliphatic rings. The van der Waals surface area contributed by atoms with Gasteiger partial charge in [0.1, 0.15) is 5.69 Å². The minimum absolute atomic E-state index is 0.208. The number of nitrogens with one attached hydrogen (secondary N) is 1. The van der Waals surface area contributed by atoms with Gasteiger partial charge in [0, 0.05) is 23.9 Å². The van der Waals surface area contributed by atoms with E-state index in [0.29, 0.717) is 41.5 Å². The van der Waals surface area contributed by atoms with E-state index in [4.69, 9.17) is 14.7 Å². The van der Waals surface area contributed by atoms with Crippen LogP contribution >= 0.6 is 0 Å². The van der Waals surface area contributed by atoms with Crippen molar-refractivity contribution in [2.75, 3.05) is 19.0 Å². The number of rotatable bonds is 8. The Labute approximate surface area is 180 Å². The molecule has 8 heteroatoms. The fourth-order valence-corrected chi connectivity index (χ4v) is 3.12. The Morgan fingerprint density at radius 1 is 1.19 bits per heavy atom. The average Bonchev–Trinajstić information content (AvgIpc) is 3.09. The lowest BCUT2D eigenvalue weighted by Gasteiger charge is -2.11. The summed E-state index contributed by atoms with van der Waals surface area (Å²) in [7, 11) is 1.50. The summed E-state index contributed by atoms with van der Waals surface area (Å²) in [5.41, 5.74) is 2.80. The number of carbonyl (C=O) groups excluding carboxylic acids is 1. The number of carbonyl (C=O) groups is 1. The number of nitriles is 1. The second kappa shape index (κ2) is 9.76. The number of amides is 1. The molecule has 0 aliphatic carbocycles. The molecule has 2 aromatic carbocycles.